The average Bonchev–Trinajstić information content (AvgIpc) is 2.42. The van der Waals surface area contributed by atoms with Crippen molar-refractivity contribution in [2.45, 2.75) is 38.3 Å². The Hall–Kier alpha value is -1.10. The first-order valence-electron chi connectivity index (χ1n) is 5.78. The molecule has 0 aromatic carbocycles. The predicted octanol–water partition coefficient (Wildman–Crippen LogP) is 0.411. The van der Waals surface area contributed by atoms with Gasteiger partial charge in [-0.25, -0.2) is 4.79 Å². The van der Waals surface area contributed by atoms with Crippen LogP contribution in [-0.2, 0) is 4.79 Å². The minimum absolute atomic E-state index is 0.0631. The van der Waals surface area contributed by atoms with Crippen LogP contribution in [0.15, 0.2) is 0 Å². The number of rotatable bonds is 1. The fraction of sp³-hybridized carbons (Fsp3) is 0.818. The third-order valence-corrected chi connectivity index (χ3v) is 3.75. The van der Waals surface area contributed by atoms with Crippen molar-refractivity contribution in [3.05, 3.63) is 0 Å². The summed E-state index contributed by atoms with van der Waals surface area (Å²) in [6, 6.07) is -0.0765. The Bertz CT molecular complexity index is 321. The van der Waals surface area contributed by atoms with Gasteiger partial charge in [-0.2, -0.15) is 0 Å². The number of piperidine rings is 1. The summed E-state index contributed by atoms with van der Waals surface area (Å²) in [7, 11) is 1.70. The molecule has 2 aliphatic rings. The van der Waals surface area contributed by atoms with Crippen molar-refractivity contribution >= 4 is 11.9 Å². The maximum absolute atomic E-state index is 12.2. The first-order chi connectivity index (χ1) is 7.46. The highest BCUT2D eigenvalue weighted by Crippen LogP contribution is 2.29. The summed E-state index contributed by atoms with van der Waals surface area (Å²) in [5.74, 6) is -0.0631. The van der Waals surface area contributed by atoms with E-state index < -0.39 is 5.54 Å². The van der Waals surface area contributed by atoms with Crippen molar-refractivity contribution in [2.75, 3.05) is 20.1 Å². The summed E-state index contributed by atoms with van der Waals surface area (Å²) in [5.41, 5.74) is -0.693. The van der Waals surface area contributed by atoms with Gasteiger partial charge in [-0.15, -0.1) is 0 Å². The second-order valence-electron chi connectivity index (χ2n) is 5.06. The van der Waals surface area contributed by atoms with Crippen LogP contribution in [0.1, 0.15) is 26.7 Å². The molecule has 90 valence electrons. The zero-order valence-corrected chi connectivity index (χ0v) is 10.1. The Labute approximate surface area is 95.8 Å². The van der Waals surface area contributed by atoms with Gasteiger partial charge in [0.1, 0.15) is 5.54 Å². The molecule has 2 saturated heterocycles. The monoisotopic (exact) mass is 225 g/mol. The molecule has 5 heteroatoms. The zero-order valence-electron chi connectivity index (χ0n) is 10.1. The van der Waals surface area contributed by atoms with E-state index in [9.17, 15) is 9.59 Å². The summed E-state index contributed by atoms with van der Waals surface area (Å²) in [4.78, 5) is 27.2. The minimum Gasteiger partial charge on any atom is -0.317 e. The first-order valence-corrected chi connectivity index (χ1v) is 5.78. The zero-order chi connectivity index (χ0) is 11.9. The van der Waals surface area contributed by atoms with Gasteiger partial charge in [0.05, 0.1) is 0 Å². The molecule has 2 aliphatic heterocycles. The third-order valence-electron chi connectivity index (χ3n) is 3.75. The summed E-state index contributed by atoms with van der Waals surface area (Å²) < 4.78 is 0. The van der Waals surface area contributed by atoms with E-state index in [0.717, 1.165) is 25.9 Å². The SMILES string of the molecule is CN1C(=O)N(C2CCNCC2)C(=O)C1(C)C. The largest absolute Gasteiger partial charge is 0.327 e. The summed E-state index contributed by atoms with van der Waals surface area (Å²) in [6.07, 6.45) is 1.72. The molecule has 0 spiro atoms. The fourth-order valence-corrected chi connectivity index (χ4v) is 2.31. The number of nitrogens with zero attached hydrogens (tertiary/aromatic N) is 2. The Morgan fingerprint density at radius 1 is 1.25 bits per heavy atom. The Balaban J connectivity index is 2.22. The maximum Gasteiger partial charge on any atom is 0.327 e. The highest BCUT2D eigenvalue weighted by Gasteiger charge is 2.51. The topological polar surface area (TPSA) is 52.7 Å². The molecule has 0 aromatic rings. The van der Waals surface area contributed by atoms with Crippen molar-refractivity contribution in [3.8, 4) is 0 Å². The molecule has 2 fully saturated rings. The number of carbonyl (C=O) groups is 2. The second-order valence-corrected chi connectivity index (χ2v) is 5.06. The van der Waals surface area contributed by atoms with Crippen molar-refractivity contribution in [2.24, 2.45) is 0 Å². The lowest BCUT2D eigenvalue weighted by Crippen LogP contribution is -2.47. The molecule has 0 radical (unpaired) electrons. The Morgan fingerprint density at radius 2 is 1.81 bits per heavy atom. The van der Waals surface area contributed by atoms with Gasteiger partial charge in [0.2, 0.25) is 0 Å². The Kier molecular flexibility index (Phi) is 2.66. The highest BCUT2D eigenvalue weighted by molar-refractivity contribution is 6.06. The molecule has 16 heavy (non-hydrogen) atoms. The molecule has 0 bridgehead atoms. The lowest BCUT2D eigenvalue weighted by Gasteiger charge is -2.29. The third kappa shape index (κ3) is 1.50. The predicted molar refractivity (Wildman–Crippen MR) is 60.0 cm³/mol. The van der Waals surface area contributed by atoms with Crippen molar-refractivity contribution < 1.29 is 9.59 Å². The van der Waals surface area contributed by atoms with E-state index in [1.54, 1.807) is 20.9 Å². The lowest BCUT2D eigenvalue weighted by molar-refractivity contribution is -0.133. The molecule has 3 amide bonds. The lowest BCUT2D eigenvalue weighted by atomic mass is 10.0. The van der Waals surface area contributed by atoms with Gasteiger partial charge in [-0.05, 0) is 39.8 Å². The van der Waals surface area contributed by atoms with Gasteiger partial charge in [0.15, 0.2) is 0 Å². The van der Waals surface area contributed by atoms with Crippen LogP contribution in [0, 0.1) is 0 Å². The fourth-order valence-electron chi connectivity index (χ4n) is 2.31. The Morgan fingerprint density at radius 3 is 2.25 bits per heavy atom. The van der Waals surface area contributed by atoms with Crippen molar-refractivity contribution in [1.29, 1.82) is 0 Å². The van der Waals surface area contributed by atoms with Crippen LogP contribution in [0.4, 0.5) is 4.79 Å². The molecule has 2 heterocycles. The number of hydrogen-bond donors (Lipinski definition) is 1. The number of nitrogens with one attached hydrogen (secondary N) is 1. The van der Waals surface area contributed by atoms with Gasteiger partial charge in [0, 0.05) is 13.1 Å². The number of likely N-dealkylation sites (N-methyl/N-ethyl adjacent to an activating group) is 1. The van der Waals surface area contributed by atoms with E-state index in [4.69, 9.17) is 0 Å². The smallest absolute Gasteiger partial charge is 0.317 e. The van der Waals surface area contributed by atoms with Crippen molar-refractivity contribution in [3.63, 3.8) is 0 Å². The normalized spacial score (nSPS) is 26.7. The van der Waals surface area contributed by atoms with Gasteiger partial charge in [0.25, 0.3) is 5.91 Å². The van der Waals surface area contributed by atoms with E-state index >= 15 is 0 Å². The minimum atomic E-state index is -0.693. The van der Waals surface area contributed by atoms with Gasteiger partial charge in [-0.1, -0.05) is 0 Å². The van der Waals surface area contributed by atoms with E-state index in [1.165, 1.54) is 9.80 Å². The molecule has 0 atom stereocenters. The van der Waals surface area contributed by atoms with Crippen LogP contribution < -0.4 is 5.32 Å². The molecule has 2 rings (SSSR count). The first kappa shape index (κ1) is 11.4. The van der Waals surface area contributed by atoms with E-state index in [-0.39, 0.29) is 18.0 Å². The summed E-state index contributed by atoms with van der Waals surface area (Å²) >= 11 is 0. The molecule has 0 saturated carbocycles. The van der Waals surface area contributed by atoms with E-state index in [1.807, 2.05) is 0 Å². The maximum atomic E-state index is 12.2. The van der Waals surface area contributed by atoms with E-state index in [2.05, 4.69) is 5.32 Å². The number of urea groups is 1. The standard InChI is InChI=1S/C11H19N3O2/c1-11(2)9(15)14(10(16)13(11)3)8-4-6-12-7-5-8/h8,12H,4-7H2,1-3H3. The van der Waals surface area contributed by atoms with E-state index in [0.29, 0.717) is 0 Å². The molecular formula is C11H19N3O2. The molecule has 0 aliphatic carbocycles. The number of amides is 3. The molecular weight excluding hydrogens is 206 g/mol. The summed E-state index contributed by atoms with van der Waals surface area (Å²) in [5, 5.41) is 3.24. The number of hydrogen-bond acceptors (Lipinski definition) is 3. The molecule has 0 aromatic heterocycles. The van der Waals surface area contributed by atoms with Gasteiger partial charge < -0.3 is 10.2 Å². The summed E-state index contributed by atoms with van der Waals surface area (Å²) in [6.45, 7) is 5.36. The number of carbonyl (C=O) groups excluding carboxylic acids is 2. The van der Waals surface area contributed by atoms with Crippen LogP contribution >= 0.6 is 0 Å². The molecule has 1 N–H and O–H groups in total. The van der Waals surface area contributed by atoms with Crippen LogP contribution in [0.25, 0.3) is 0 Å². The average molecular weight is 225 g/mol. The molecule has 5 nitrogen and oxygen atoms in total. The number of imide groups is 1. The van der Waals surface area contributed by atoms with Crippen LogP contribution in [0.5, 0.6) is 0 Å². The van der Waals surface area contributed by atoms with Crippen LogP contribution in [0.3, 0.4) is 0 Å². The highest BCUT2D eigenvalue weighted by atomic mass is 16.2. The molecule has 0 unspecified atom stereocenters. The van der Waals surface area contributed by atoms with Gasteiger partial charge >= 0.3 is 6.03 Å². The van der Waals surface area contributed by atoms with Crippen molar-refractivity contribution in [1.82, 2.24) is 15.1 Å². The van der Waals surface area contributed by atoms with Gasteiger partial charge in [-0.3, -0.25) is 9.69 Å². The van der Waals surface area contributed by atoms with Crippen LogP contribution in [0.2, 0.25) is 0 Å². The van der Waals surface area contributed by atoms with Crippen LogP contribution in [-0.4, -0.2) is 53.5 Å². The second kappa shape index (κ2) is 3.73. The quantitative estimate of drug-likeness (QED) is 0.658.